The Morgan fingerprint density at radius 1 is 1.47 bits per heavy atom. The van der Waals surface area contributed by atoms with Gasteiger partial charge in [0.05, 0.1) is 6.42 Å². The fourth-order valence-electron chi connectivity index (χ4n) is 1.06. The Hall–Kier alpha value is -1.18. The smallest absolute Gasteiger partial charge is 0.304 e. The van der Waals surface area contributed by atoms with Gasteiger partial charge in [-0.25, -0.2) is 17.5 Å². The lowest BCUT2D eigenvalue weighted by molar-refractivity contribution is -0.136. The van der Waals surface area contributed by atoms with Gasteiger partial charge in [0, 0.05) is 11.6 Å². The average molecular weight is 282 g/mol. The van der Waals surface area contributed by atoms with Crippen molar-refractivity contribution in [3.63, 3.8) is 0 Å². The normalized spacial score (nSPS) is 11.4. The van der Waals surface area contributed by atoms with Crippen molar-refractivity contribution in [1.82, 2.24) is 4.72 Å². The van der Waals surface area contributed by atoms with Crippen LogP contribution in [0, 0.1) is 5.82 Å². The number of sulfonamides is 1. The van der Waals surface area contributed by atoms with Crippen LogP contribution in [0.15, 0.2) is 23.1 Å². The van der Waals surface area contributed by atoms with E-state index >= 15 is 0 Å². The van der Waals surface area contributed by atoms with Gasteiger partial charge in [-0.1, -0.05) is 11.6 Å². The molecule has 1 aromatic rings. The van der Waals surface area contributed by atoms with Gasteiger partial charge in [0.2, 0.25) is 10.0 Å². The van der Waals surface area contributed by atoms with E-state index in [1.54, 1.807) is 0 Å². The van der Waals surface area contributed by atoms with Gasteiger partial charge in [-0.3, -0.25) is 4.79 Å². The number of hydrogen-bond acceptors (Lipinski definition) is 3. The lowest BCUT2D eigenvalue weighted by atomic mass is 10.3. The Balaban J connectivity index is 2.86. The molecular formula is C9H9ClFNO4S. The summed E-state index contributed by atoms with van der Waals surface area (Å²) in [4.78, 5) is 9.64. The molecule has 0 saturated carbocycles. The predicted molar refractivity (Wildman–Crippen MR) is 58.9 cm³/mol. The first-order chi connectivity index (χ1) is 7.83. The minimum absolute atomic E-state index is 0.0759. The number of nitrogens with one attached hydrogen (secondary N) is 1. The highest BCUT2D eigenvalue weighted by Crippen LogP contribution is 2.18. The van der Waals surface area contributed by atoms with Crippen LogP contribution in [0.2, 0.25) is 5.02 Å². The van der Waals surface area contributed by atoms with Crippen molar-refractivity contribution in [2.24, 2.45) is 0 Å². The molecule has 17 heavy (non-hydrogen) atoms. The highest BCUT2D eigenvalue weighted by Gasteiger charge is 2.18. The molecule has 0 unspecified atom stereocenters. The molecule has 94 valence electrons. The van der Waals surface area contributed by atoms with Crippen molar-refractivity contribution in [2.75, 3.05) is 6.54 Å². The number of carboxylic acids is 1. The third kappa shape index (κ3) is 3.95. The fraction of sp³-hybridized carbons (Fsp3) is 0.222. The number of carboxylic acid groups (broad SMARTS) is 1. The second-order valence-electron chi connectivity index (χ2n) is 3.12. The van der Waals surface area contributed by atoms with Gasteiger partial charge in [0.15, 0.2) is 0 Å². The molecule has 0 radical (unpaired) electrons. The SMILES string of the molecule is O=C(O)CCNS(=O)(=O)c1ccc(Cl)cc1F. The molecule has 0 spiro atoms. The molecule has 0 aliphatic heterocycles. The first-order valence-corrected chi connectivity index (χ1v) is 6.35. The second kappa shape index (κ2) is 5.44. The standard InChI is InChI=1S/C9H9ClFNO4S/c10-6-1-2-8(7(11)5-6)17(15,16)12-4-3-9(13)14/h1-2,5,12H,3-4H2,(H,13,14). The van der Waals surface area contributed by atoms with E-state index in [4.69, 9.17) is 16.7 Å². The lowest BCUT2D eigenvalue weighted by Crippen LogP contribution is -2.27. The van der Waals surface area contributed by atoms with Crippen LogP contribution >= 0.6 is 11.6 Å². The van der Waals surface area contributed by atoms with Gasteiger partial charge in [0.25, 0.3) is 0 Å². The Morgan fingerprint density at radius 2 is 2.12 bits per heavy atom. The largest absolute Gasteiger partial charge is 0.481 e. The van der Waals surface area contributed by atoms with Crippen LogP contribution < -0.4 is 4.72 Å². The van der Waals surface area contributed by atoms with E-state index in [-0.39, 0.29) is 18.0 Å². The molecular weight excluding hydrogens is 273 g/mol. The summed E-state index contributed by atoms with van der Waals surface area (Å²) in [7, 11) is -4.05. The van der Waals surface area contributed by atoms with Crippen LogP contribution in [0.25, 0.3) is 0 Å². The van der Waals surface area contributed by atoms with Crippen molar-refractivity contribution in [1.29, 1.82) is 0 Å². The first-order valence-electron chi connectivity index (χ1n) is 4.49. The molecule has 0 bridgehead atoms. The Labute approximate surface area is 102 Å². The van der Waals surface area contributed by atoms with E-state index in [1.807, 2.05) is 4.72 Å². The Kier molecular flexibility index (Phi) is 4.44. The summed E-state index contributed by atoms with van der Waals surface area (Å²) >= 11 is 5.48. The molecule has 0 fully saturated rings. The monoisotopic (exact) mass is 281 g/mol. The summed E-state index contributed by atoms with van der Waals surface area (Å²) in [6.07, 6.45) is -0.381. The number of aliphatic carboxylic acids is 1. The van der Waals surface area contributed by atoms with Crippen molar-refractivity contribution >= 4 is 27.6 Å². The van der Waals surface area contributed by atoms with Crippen molar-refractivity contribution in [2.45, 2.75) is 11.3 Å². The van der Waals surface area contributed by atoms with Gasteiger partial charge < -0.3 is 5.11 Å². The van der Waals surface area contributed by atoms with E-state index < -0.39 is 26.7 Å². The molecule has 0 amide bonds. The Bertz CT molecular complexity index is 532. The van der Waals surface area contributed by atoms with Crippen LogP contribution in [0.3, 0.4) is 0 Å². The van der Waals surface area contributed by atoms with Gasteiger partial charge in [-0.15, -0.1) is 0 Å². The highest BCUT2D eigenvalue weighted by atomic mass is 35.5. The van der Waals surface area contributed by atoms with Gasteiger partial charge >= 0.3 is 5.97 Å². The van der Waals surface area contributed by atoms with Crippen LogP contribution in [0.4, 0.5) is 4.39 Å². The van der Waals surface area contributed by atoms with Crippen molar-refractivity contribution < 1.29 is 22.7 Å². The molecule has 0 aliphatic carbocycles. The summed E-state index contributed by atoms with van der Waals surface area (Å²) in [6, 6.07) is 3.12. The maximum atomic E-state index is 13.3. The molecule has 1 rings (SSSR count). The molecule has 0 atom stereocenters. The quantitative estimate of drug-likeness (QED) is 0.850. The topological polar surface area (TPSA) is 83.5 Å². The molecule has 0 heterocycles. The van der Waals surface area contributed by atoms with Gasteiger partial charge in [0.1, 0.15) is 10.7 Å². The van der Waals surface area contributed by atoms with Crippen LogP contribution in [-0.2, 0) is 14.8 Å². The summed E-state index contributed by atoms with van der Waals surface area (Å²) in [6.45, 7) is -0.306. The molecule has 0 aromatic heterocycles. The number of hydrogen-bond donors (Lipinski definition) is 2. The minimum Gasteiger partial charge on any atom is -0.481 e. The Morgan fingerprint density at radius 3 is 2.65 bits per heavy atom. The molecule has 5 nitrogen and oxygen atoms in total. The zero-order valence-corrected chi connectivity index (χ0v) is 10.1. The van der Waals surface area contributed by atoms with Gasteiger partial charge in [-0.05, 0) is 18.2 Å². The maximum absolute atomic E-state index is 13.3. The summed E-state index contributed by atoms with van der Waals surface area (Å²) in [5.74, 6) is -2.13. The molecule has 0 aliphatic rings. The lowest BCUT2D eigenvalue weighted by Gasteiger charge is -2.06. The van der Waals surface area contributed by atoms with Gasteiger partial charge in [-0.2, -0.15) is 0 Å². The number of halogens is 2. The summed E-state index contributed by atoms with van der Waals surface area (Å²) in [5, 5.41) is 8.42. The van der Waals surface area contributed by atoms with Crippen LogP contribution in [-0.4, -0.2) is 26.0 Å². The van der Waals surface area contributed by atoms with E-state index in [9.17, 15) is 17.6 Å². The number of benzene rings is 1. The zero-order chi connectivity index (χ0) is 13.1. The molecule has 0 saturated heterocycles. The third-order valence-electron chi connectivity index (χ3n) is 1.81. The summed E-state index contributed by atoms with van der Waals surface area (Å²) < 4.78 is 38.4. The summed E-state index contributed by atoms with van der Waals surface area (Å²) in [5.41, 5.74) is 0. The number of rotatable bonds is 5. The van der Waals surface area contributed by atoms with Crippen molar-refractivity contribution in [3.05, 3.63) is 29.0 Å². The zero-order valence-electron chi connectivity index (χ0n) is 8.48. The maximum Gasteiger partial charge on any atom is 0.304 e. The van der Waals surface area contributed by atoms with E-state index in [0.29, 0.717) is 0 Å². The molecule has 1 aromatic carbocycles. The first kappa shape index (κ1) is 13.9. The third-order valence-corrected chi connectivity index (χ3v) is 3.54. The molecule has 8 heteroatoms. The molecule has 2 N–H and O–H groups in total. The van der Waals surface area contributed by atoms with E-state index in [0.717, 1.165) is 12.1 Å². The predicted octanol–water partition coefficient (Wildman–Crippen LogP) is 1.23. The van der Waals surface area contributed by atoms with Crippen molar-refractivity contribution in [3.8, 4) is 0 Å². The van der Waals surface area contributed by atoms with E-state index in [1.165, 1.54) is 6.07 Å². The highest BCUT2D eigenvalue weighted by molar-refractivity contribution is 7.89. The number of carbonyl (C=O) groups is 1. The minimum atomic E-state index is -4.05. The van der Waals surface area contributed by atoms with Crippen LogP contribution in [0.1, 0.15) is 6.42 Å². The average Bonchev–Trinajstić information content (AvgIpc) is 2.15. The van der Waals surface area contributed by atoms with E-state index in [2.05, 4.69) is 0 Å². The fourth-order valence-corrected chi connectivity index (χ4v) is 2.31. The second-order valence-corrected chi connectivity index (χ2v) is 5.29. The van der Waals surface area contributed by atoms with Crippen LogP contribution in [0.5, 0.6) is 0 Å².